The fourth-order valence-corrected chi connectivity index (χ4v) is 6.42. The molecule has 0 aliphatic carbocycles. The molecule has 0 saturated carbocycles. The lowest BCUT2D eigenvalue weighted by Gasteiger charge is -2.30. The van der Waals surface area contributed by atoms with E-state index in [1.807, 2.05) is 117 Å². The maximum atomic E-state index is 14.4. The van der Waals surface area contributed by atoms with Gasteiger partial charge < -0.3 is 31.5 Å². The average Bonchev–Trinajstić information content (AvgIpc) is 3.10. The molecular weight excluding hydrogens is 668 g/mol. The zero-order valence-electron chi connectivity index (χ0n) is 31.4. The summed E-state index contributed by atoms with van der Waals surface area (Å²) in [5.41, 5.74) is 7.57. The number of hydrogen-bond acceptors (Lipinski definition) is 6. The molecule has 6 N–H and O–H groups in total. The van der Waals surface area contributed by atoms with Gasteiger partial charge in [-0.05, 0) is 79.8 Å². The van der Waals surface area contributed by atoms with Crippen LogP contribution in [-0.2, 0) is 38.4 Å². The summed E-state index contributed by atoms with van der Waals surface area (Å²) in [6, 6.07) is 29.7. The number of aliphatic hydroxyl groups excluding tert-OH is 1. The van der Waals surface area contributed by atoms with Gasteiger partial charge in [0.1, 0.15) is 17.7 Å². The van der Waals surface area contributed by atoms with Crippen molar-refractivity contribution in [2.75, 3.05) is 0 Å². The summed E-state index contributed by atoms with van der Waals surface area (Å²) in [7, 11) is 0. The highest BCUT2D eigenvalue weighted by atomic mass is 16.6. The van der Waals surface area contributed by atoms with Crippen molar-refractivity contribution in [3.8, 4) is 0 Å². The van der Waals surface area contributed by atoms with Crippen molar-refractivity contribution in [1.29, 1.82) is 0 Å². The van der Waals surface area contributed by atoms with Crippen LogP contribution in [-0.4, -0.2) is 58.8 Å². The van der Waals surface area contributed by atoms with E-state index in [0.29, 0.717) is 6.42 Å². The first-order valence-electron chi connectivity index (χ1n) is 18.3. The summed E-state index contributed by atoms with van der Waals surface area (Å²) in [4.78, 5) is 53.7. The smallest absolute Gasteiger partial charge is 0.407 e. The molecule has 0 aliphatic heterocycles. The molecule has 10 heteroatoms. The van der Waals surface area contributed by atoms with Crippen molar-refractivity contribution in [3.63, 3.8) is 0 Å². The number of carbonyl (C=O) groups is 4. The minimum Gasteiger partial charge on any atom is -0.444 e. The van der Waals surface area contributed by atoms with E-state index < -0.39 is 59.6 Å². The van der Waals surface area contributed by atoms with Gasteiger partial charge in [-0.15, -0.1) is 0 Å². The minimum atomic E-state index is -1.17. The predicted molar refractivity (Wildman–Crippen MR) is 208 cm³/mol. The van der Waals surface area contributed by atoms with E-state index in [0.717, 1.165) is 27.5 Å². The molecular formula is C43H54N4O6. The maximum Gasteiger partial charge on any atom is 0.407 e. The van der Waals surface area contributed by atoms with Gasteiger partial charge in [-0.25, -0.2) is 4.79 Å². The predicted octanol–water partition coefficient (Wildman–Crippen LogP) is 5.63. The van der Waals surface area contributed by atoms with Crippen molar-refractivity contribution < 1.29 is 29.0 Å². The van der Waals surface area contributed by atoms with Gasteiger partial charge in [-0.3, -0.25) is 14.4 Å². The number of rotatable bonds is 17. The summed E-state index contributed by atoms with van der Waals surface area (Å²) >= 11 is 0. The molecule has 4 amide bonds. The second-order valence-corrected chi connectivity index (χ2v) is 15.1. The SMILES string of the molecule is CC(C)C[C@H](NC(=O)[C@@H](Cc1cccc2ccccc12)C[C@H](O)[C@H](Cc1ccccc1)NC(=O)OC(C)(C)C)C(=O)N[C@@H](Cc1ccccc1)C(N)=O. The lowest BCUT2D eigenvalue weighted by atomic mass is 9.87. The molecule has 282 valence electrons. The quantitative estimate of drug-likeness (QED) is 0.0951. The van der Waals surface area contributed by atoms with Crippen LogP contribution in [0.4, 0.5) is 4.79 Å². The van der Waals surface area contributed by atoms with Gasteiger partial charge in [-0.1, -0.05) is 117 Å². The standard InChI is InChI=1S/C43H54N4O6/c1-28(2)23-37(41(51)45-36(39(44)49)25-30-17-10-7-11-18-30)46-40(50)33(26-32-21-14-20-31-19-12-13-22-34(31)32)27-38(48)35(24-29-15-8-6-9-16-29)47-42(52)53-43(3,4)5/h6-22,28,33,35-38,48H,23-27H2,1-5H3,(H2,44,49)(H,45,51)(H,46,50)(H,47,52)/t33-,35-,36-,37-,38-/m0/s1. The summed E-state index contributed by atoms with van der Waals surface area (Å²) in [6.45, 7) is 9.16. The Hall–Kier alpha value is -5.22. The van der Waals surface area contributed by atoms with Gasteiger partial charge in [-0.2, -0.15) is 0 Å². The fraction of sp³-hybridized carbons (Fsp3) is 0.395. The van der Waals surface area contributed by atoms with E-state index in [9.17, 15) is 24.3 Å². The topological polar surface area (TPSA) is 160 Å². The van der Waals surface area contributed by atoms with Gasteiger partial charge in [0.05, 0.1) is 12.1 Å². The van der Waals surface area contributed by atoms with Crippen molar-refractivity contribution in [2.24, 2.45) is 17.6 Å². The Morgan fingerprint density at radius 2 is 1.25 bits per heavy atom. The van der Waals surface area contributed by atoms with Crippen LogP contribution in [0.1, 0.15) is 64.2 Å². The minimum absolute atomic E-state index is 0.0163. The summed E-state index contributed by atoms with van der Waals surface area (Å²) < 4.78 is 5.54. The number of ether oxygens (including phenoxy) is 1. The lowest BCUT2D eigenvalue weighted by molar-refractivity contribution is -0.133. The van der Waals surface area contributed by atoms with E-state index >= 15 is 0 Å². The molecule has 0 aliphatic rings. The number of hydrogen-bond donors (Lipinski definition) is 5. The van der Waals surface area contributed by atoms with Crippen molar-refractivity contribution in [3.05, 3.63) is 120 Å². The number of carbonyl (C=O) groups excluding carboxylic acids is 4. The van der Waals surface area contributed by atoms with Crippen molar-refractivity contribution >= 4 is 34.6 Å². The van der Waals surface area contributed by atoms with Gasteiger partial charge in [0, 0.05) is 12.3 Å². The van der Waals surface area contributed by atoms with Crippen LogP contribution in [0.5, 0.6) is 0 Å². The zero-order chi connectivity index (χ0) is 38.5. The van der Waals surface area contributed by atoms with E-state index in [2.05, 4.69) is 16.0 Å². The van der Waals surface area contributed by atoms with Crippen LogP contribution >= 0.6 is 0 Å². The van der Waals surface area contributed by atoms with Gasteiger partial charge in [0.25, 0.3) is 0 Å². The van der Waals surface area contributed by atoms with Crippen LogP contribution < -0.4 is 21.7 Å². The highest BCUT2D eigenvalue weighted by molar-refractivity contribution is 5.92. The van der Waals surface area contributed by atoms with Crippen molar-refractivity contribution in [2.45, 2.75) is 96.6 Å². The number of nitrogens with one attached hydrogen (secondary N) is 3. The molecule has 4 aromatic carbocycles. The Morgan fingerprint density at radius 3 is 1.85 bits per heavy atom. The molecule has 0 fully saturated rings. The molecule has 0 aromatic heterocycles. The first-order valence-corrected chi connectivity index (χ1v) is 18.3. The van der Waals surface area contributed by atoms with Crippen LogP contribution in [0.15, 0.2) is 103 Å². The third kappa shape index (κ3) is 13.1. The van der Waals surface area contributed by atoms with Gasteiger partial charge in [0.2, 0.25) is 17.7 Å². The number of nitrogens with two attached hydrogens (primary N) is 1. The number of benzene rings is 4. The van der Waals surface area contributed by atoms with Gasteiger partial charge in [0.15, 0.2) is 0 Å². The van der Waals surface area contributed by atoms with E-state index in [1.165, 1.54) is 0 Å². The summed E-state index contributed by atoms with van der Waals surface area (Å²) in [5, 5.41) is 22.4. The molecule has 0 bridgehead atoms. The molecule has 0 spiro atoms. The molecule has 0 radical (unpaired) electrons. The maximum absolute atomic E-state index is 14.4. The number of aliphatic hydroxyl groups is 1. The first kappa shape index (κ1) is 40.5. The normalized spacial score (nSPS) is 14.4. The van der Waals surface area contributed by atoms with Crippen LogP contribution in [0.3, 0.4) is 0 Å². The Kier molecular flexibility index (Phi) is 14.6. The largest absolute Gasteiger partial charge is 0.444 e. The number of primary amides is 1. The monoisotopic (exact) mass is 722 g/mol. The van der Waals surface area contributed by atoms with Crippen LogP contribution in [0, 0.1) is 11.8 Å². The number of alkyl carbamates (subject to hydrolysis) is 1. The first-order chi connectivity index (χ1) is 25.2. The Bertz CT molecular complexity index is 1800. The Labute approximate surface area is 312 Å². The zero-order valence-corrected chi connectivity index (χ0v) is 31.4. The second-order valence-electron chi connectivity index (χ2n) is 15.1. The average molecular weight is 723 g/mol. The van der Waals surface area contributed by atoms with E-state index in [1.54, 1.807) is 20.8 Å². The summed E-state index contributed by atoms with van der Waals surface area (Å²) in [5.74, 6) is -2.44. The third-order valence-electron chi connectivity index (χ3n) is 8.99. The van der Waals surface area contributed by atoms with Crippen LogP contribution in [0.25, 0.3) is 10.8 Å². The molecule has 0 saturated heterocycles. The molecule has 0 unspecified atom stereocenters. The van der Waals surface area contributed by atoms with Crippen LogP contribution in [0.2, 0.25) is 0 Å². The molecule has 4 rings (SSSR count). The lowest BCUT2D eigenvalue weighted by Crippen LogP contribution is -2.55. The third-order valence-corrected chi connectivity index (χ3v) is 8.99. The van der Waals surface area contributed by atoms with E-state index in [4.69, 9.17) is 10.5 Å². The highest BCUT2D eigenvalue weighted by Gasteiger charge is 2.33. The van der Waals surface area contributed by atoms with E-state index in [-0.39, 0.29) is 31.6 Å². The number of fused-ring (bicyclic) bond motifs is 1. The summed E-state index contributed by atoms with van der Waals surface area (Å²) in [6.07, 6.45) is -0.837. The Balaban J connectivity index is 1.63. The van der Waals surface area contributed by atoms with Gasteiger partial charge >= 0.3 is 6.09 Å². The molecule has 4 aromatic rings. The second kappa shape index (κ2) is 19.0. The van der Waals surface area contributed by atoms with Crippen molar-refractivity contribution in [1.82, 2.24) is 16.0 Å². The highest BCUT2D eigenvalue weighted by Crippen LogP contribution is 2.25. The molecule has 10 nitrogen and oxygen atoms in total. The molecule has 5 atom stereocenters. The fourth-order valence-electron chi connectivity index (χ4n) is 6.42. The molecule has 53 heavy (non-hydrogen) atoms. The number of amides is 4. The Morgan fingerprint density at radius 1 is 0.679 bits per heavy atom. The molecule has 0 heterocycles.